The molecule has 1 saturated heterocycles. The highest BCUT2D eigenvalue weighted by atomic mass is 32.1. The lowest BCUT2D eigenvalue weighted by atomic mass is 10.1. The maximum Gasteiger partial charge on any atom is 0.278 e. The number of carbonyl (C=O) groups excluding carboxylic acids is 2. The van der Waals surface area contributed by atoms with E-state index in [1.54, 1.807) is 6.08 Å². The van der Waals surface area contributed by atoms with Gasteiger partial charge in [0.05, 0.1) is 5.57 Å². The monoisotopic (exact) mass is 317 g/mol. The smallest absolute Gasteiger partial charge is 0.278 e. The van der Waals surface area contributed by atoms with Crippen LogP contribution < -0.4 is 0 Å². The molecule has 0 unspecified atom stereocenters. The van der Waals surface area contributed by atoms with Gasteiger partial charge in [-0.2, -0.15) is 0 Å². The third-order valence-corrected chi connectivity index (χ3v) is 4.93. The van der Waals surface area contributed by atoms with Gasteiger partial charge in [0.2, 0.25) is 0 Å². The number of amides is 2. The third kappa shape index (κ3) is 2.48. The molecule has 2 aliphatic heterocycles. The Labute approximate surface area is 134 Å². The van der Waals surface area contributed by atoms with Gasteiger partial charge in [-0.25, -0.2) is 0 Å². The largest absolute Gasteiger partial charge is 0.364 e. The minimum atomic E-state index is -0.207. The number of rotatable bonds is 4. The molecule has 0 bridgehead atoms. The van der Waals surface area contributed by atoms with Crippen LogP contribution in [0.25, 0.3) is 5.57 Å². The van der Waals surface area contributed by atoms with Crippen molar-refractivity contribution in [2.24, 2.45) is 0 Å². The number of likely N-dealkylation sites (N-methyl/N-ethyl adjacent to an activating group) is 1. The van der Waals surface area contributed by atoms with Crippen LogP contribution in [0.15, 0.2) is 35.9 Å². The molecule has 0 aromatic carbocycles. The van der Waals surface area contributed by atoms with Crippen LogP contribution in [-0.2, 0) is 9.59 Å². The summed E-state index contributed by atoms with van der Waals surface area (Å²) in [5.41, 5.74) is 1.11. The normalized spacial score (nSPS) is 20.2. The van der Waals surface area contributed by atoms with E-state index in [0.717, 1.165) is 31.1 Å². The van der Waals surface area contributed by atoms with E-state index < -0.39 is 0 Å². The second-order valence-electron chi connectivity index (χ2n) is 5.50. The van der Waals surface area contributed by atoms with Crippen LogP contribution >= 0.6 is 11.3 Å². The Kier molecular flexibility index (Phi) is 4.13. The number of nitrogens with zero attached hydrogens (tertiary/aromatic N) is 3. The lowest BCUT2D eigenvalue weighted by Gasteiger charge is -2.34. The van der Waals surface area contributed by atoms with Crippen LogP contribution in [0.3, 0.4) is 0 Å². The third-order valence-electron chi connectivity index (χ3n) is 4.04. The van der Waals surface area contributed by atoms with E-state index in [4.69, 9.17) is 0 Å². The van der Waals surface area contributed by atoms with Crippen molar-refractivity contribution in [2.45, 2.75) is 0 Å². The van der Waals surface area contributed by atoms with Crippen LogP contribution in [0.4, 0.5) is 0 Å². The van der Waals surface area contributed by atoms with Gasteiger partial charge in [-0.3, -0.25) is 14.5 Å². The van der Waals surface area contributed by atoms with Crippen molar-refractivity contribution in [3.8, 4) is 0 Å². The summed E-state index contributed by atoms with van der Waals surface area (Å²) in [7, 11) is 2.07. The van der Waals surface area contributed by atoms with Crippen LogP contribution in [0.2, 0.25) is 0 Å². The average molecular weight is 317 g/mol. The topological polar surface area (TPSA) is 43.9 Å². The number of thiophene rings is 1. The van der Waals surface area contributed by atoms with Gasteiger partial charge in [-0.15, -0.1) is 17.9 Å². The maximum atomic E-state index is 12.7. The molecule has 0 saturated carbocycles. The van der Waals surface area contributed by atoms with Gasteiger partial charge in [-0.05, 0) is 18.5 Å². The van der Waals surface area contributed by atoms with Crippen molar-refractivity contribution in [1.82, 2.24) is 14.7 Å². The molecule has 0 radical (unpaired) electrons. The van der Waals surface area contributed by atoms with E-state index >= 15 is 0 Å². The van der Waals surface area contributed by atoms with Crippen molar-refractivity contribution >= 4 is 28.7 Å². The Hall–Kier alpha value is -1.92. The van der Waals surface area contributed by atoms with Crippen molar-refractivity contribution < 1.29 is 9.59 Å². The number of piperazine rings is 1. The van der Waals surface area contributed by atoms with Crippen LogP contribution in [0.1, 0.15) is 4.88 Å². The van der Waals surface area contributed by atoms with E-state index in [1.165, 1.54) is 16.2 Å². The summed E-state index contributed by atoms with van der Waals surface area (Å²) in [6, 6.07) is 3.81. The summed E-state index contributed by atoms with van der Waals surface area (Å²) in [6.07, 6.45) is 1.59. The van der Waals surface area contributed by atoms with Crippen molar-refractivity contribution in [1.29, 1.82) is 0 Å². The molecule has 0 N–H and O–H groups in total. The summed E-state index contributed by atoms with van der Waals surface area (Å²) >= 11 is 1.49. The fourth-order valence-electron chi connectivity index (χ4n) is 2.82. The molecule has 1 fully saturated rings. The molecule has 2 aliphatic rings. The summed E-state index contributed by atoms with van der Waals surface area (Å²) in [6.45, 7) is 7.22. The highest BCUT2D eigenvalue weighted by Crippen LogP contribution is 2.34. The zero-order valence-corrected chi connectivity index (χ0v) is 13.4. The first-order valence-corrected chi connectivity index (χ1v) is 8.20. The average Bonchev–Trinajstić information content (AvgIpc) is 3.10. The summed E-state index contributed by atoms with van der Waals surface area (Å²) in [5.74, 6) is -0.404. The van der Waals surface area contributed by atoms with Crippen molar-refractivity contribution in [2.75, 3.05) is 39.8 Å². The van der Waals surface area contributed by atoms with Crippen molar-refractivity contribution in [3.63, 3.8) is 0 Å². The summed E-state index contributed by atoms with van der Waals surface area (Å²) in [5, 5.41) is 1.93. The second-order valence-corrected chi connectivity index (χ2v) is 6.45. The predicted molar refractivity (Wildman–Crippen MR) is 87.2 cm³/mol. The lowest BCUT2D eigenvalue weighted by molar-refractivity contribution is -0.137. The molecule has 0 aliphatic carbocycles. The molecule has 0 atom stereocenters. The zero-order chi connectivity index (χ0) is 15.7. The maximum absolute atomic E-state index is 12.7. The van der Waals surface area contributed by atoms with Gasteiger partial charge in [-0.1, -0.05) is 12.1 Å². The molecule has 3 heterocycles. The Bertz CT molecular complexity index is 628. The van der Waals surface area contributed by atoms with Gasteiger partial charge >= 0.3 is 0 Å². The lowest BCUT2D eigenvalue weighted by Crippen LogP contribution is -2.46. The summed E-state index contributed by atoms with van der Waals surface area (Å²) in [4.78, 5) is 31.9. The van der Waals surface area contributed by atoms with E-state index in [0.29, 0.717) is 11.3 Å². The van der Waals surface area contributed by atoms with Gasteiger partial charge in [0.25, 0.3) is 11.8 Å². The van der Waals surface area contributed by atoms with Crippen molar-refractivity contribution in [3.05, 3.63) is 40.7 Å². The fraction of sp³-hybridized carbons (Fsp3) is 0.375. The number of hydrogen-bond acceptors (Lipinski definition) is 5. The molecule has 6 heteroatoms. The van der Waals surface area contributed by atoms with Crippen LogP contribution in [0.5, 0.6) is 0 Å². The van der Waals surface area contributed by atoms with E-state index in [1.807, 2.05) is 17.5 Å². The van der Waals surface area contributed by atoms with E-state index in [9.17, 15) is 9.59 Å². The van der Waals surface area contributed by atoms with Gasteiger partial charge < -0.3 is 9.80 Å². The highest BCUT2D eigenvalue weighted by Gasteiger charge is 2.41. The SMILES string of the molecule is C=CCN1C(=O)C(c2cccs2)=C(N2CCN(C)CC2)C1=O. The molecule has 1 aromatic heterocycles. The molecule has 0 spiro atoms. The van der Waals surface area contributed by atoms with Gasteiger partial charge in [0, 0.05) is 37.6 Å². The van der Waals surface area contributed by atoms with Gasteiger partial charge in [0.1, 0.15) is 5.70 Å². The molecule has 1 aromatic rings. The first-order chi connectivity index (χ1) is 10.6. The first-order valence-electron chi connectivity index (χ1n) is 7.32. The Morgan fingerprint density at radius 1 is 1.23 bits per heavy atom. The molecular formula is C16H19N3O2S. The minimum absolute atomic E-state index is 0.196. The van der Waals surface area contributed by atoms with Crippen LogP contribution in [-0.4, -0.2) is 66.3 Å². The molecule has 3 rings (SSSR count). The Morgan fingerprint density at radius 2 is 1.95 bits per heavy atom. The van der Waals surface area contributed by atoms with Crippen LogP contribution in [0, 0.1) is 0 Å². The molecule has 116 valence electrons. The first kappa shape index (κ1) is 15.0. The Morgan fingerprint density at radius 3 is 2.55 bits per heavy atom. The Balaban J connectivity index is 2.01. The van der Waals surface area contributed by atoms with Gasteiger partial charge in [0.15, 0.2) is 0 Å². The molecular weight excluding hydrogens is 298 g/mol. The highest BCUT2D eigenvalue weighted by molar-refractivity contribution is 7.11. The quantitative estimate of drug-likeness (QED) is 0.619. The number of hydrogen-bond donors (Lipinski definition) is 0. The standard InChI is InChI=1S/C16H19N3O2S/c1-3-6-19-15(20)13(12-5-4-11-22-12)14(16(19)21)18-9-7-17(2)8-10-18/h3-5,11H,1,6-10H2,2H3. The van der Waals surface area contributed by atoms with E-state index in [2.05, 4.69) is 23.4 Å². The fourth-order valence-corrected chi connectivity index (χ4v) is 3.59. The number of imide groups is 1. The predicted octanol–water partition coefficient (Wildman–Crippen LogP) is 1.26. The molecule has 2 amide bonds. The minimum Gasteiger partial charge on any atom is -0.364 e. The zero-order valence-electron chi connectivity index (χ0n) is 12.6. The second kappa shape index (κ2) is 6.06. The number of carbonyl (C=O) groups is 2. The van der Waals surface area contributed by atoms with E-state index in [-0.39, 0.29) is 18.4 Å². The summed E-state index contributed by atoms with van der Waals surface area (Å²) < 4.78 is 0. The molecule has 5 nitrogen and oxygen atoms in total. The molecule has 22 heavy (non-hydrogen) atoms.